The third-order valence-corrected chi connectivity index (χ3v) is 3.19. The molecule has 0 amide bonds. The van der Waals surface area contributed by atoms with E-state index in [4.69, 9.17) is 16.3 Å². The van der Waals surface area contributed by atoms with Crippen molar-refractivity contribution in [1.82, 2.24) is 0 Å². The van der Waals surface area contributed by atoms with Crippen LogP contribution >= 0.6 is 22.9 Å². The molecule has 70 valence electrons. The van der Waals surface area contributed by atoms with Gasteiger partial charge in [-0.05, 0) is 12.1 Å². The predicted octanol–water partition coefficient (Wildman–Crippen LogP) is 2.74. The molecule has 0 saturated carbocycles. The van der Waals surface area contributed by atoms with Crippen molar-refractivity contribution in [3.05, 3.63) is 33.2 Å². The highest BCUT2D eigenvalue weighted by atomic mass is 35.5. The molecule has 1 aliphatic heterocycles. The van der Waals surface area contributed by atoms with E-state index < -0.39 is 6.10 Å². The Balaban J connectivity index is 2.16. The SMILES string of the molecule is OC(C1=CCCO1)c1cc(Cl)cs1. The molecule has 2 rings (SSSR count). The summed E-state index contributed by atoms with van der Waals surface area (Å²) in [7, 11) is 0. The number of thiophene rings is 1. The van der Waals surface area contributed by atoms with Gasteiger partial charge in [0.2, 0.25) is 0 Å². The van der Waals surface area contributed by atoms with Crippen molar-refractivity contribution in [1.29, 1.82) is 0 Å². The largest absolute Gasteiger partial charge is 0.495 e. The van der Waals surface area contributed by atoms with Gasteiger partial charge < -0.3 is 9.84 Å². The van der Waals surface area contributed by atoms with Gasteiger partial charge in [0.15, 0.2) is 0 Å². The van der Waals surface area contributed by atoms with Gasteiger partial charge in [-0.1, -0.05) is 11.6 Å². The van der Waals surface area contributed by atoms with Gasteiger partial charge in [0, 0.05) is 16.7 Å². The highest BCUT2D eigenvalue weighted by Gasteiger charge is 2.19. The molecule has 0 fully saturated rings. The van der Waals surface area contributed by atoms with Crippen LogP contribution < -0.4 is 0 Å². The summed E-state index contributed by atoms with van der Waals surface area (Å²) in [4.78, 5) is 0.832. The zero-order chi connectivity index (χ0) is 9.26. The van der Waals surface area contributed by atoms with Crippen molar-refractivity contribution in [3.63, 3.8) is 0 Å². The summed E-state index contributed by atoms with van der Waals surface area (Å²) >= 11 is 7.19. The quantitative estimate of drug-likeness (QED) is 0.824. The first-order valence-electron chi connectivity index (χ1n) is 4.02. The minimum Gasteiger partial charge on any atom is -0.495 e. The van der Waals surface area contributed by atoms with Gasteiger partial charge in [0.25, 0.3) is 0 Å². The third-order valence-electron chi connectivity index (χ3n) is 1.86. The highest BCUT2D eigenvalue weighted by Crippen LogP contribution is 2.31. The van der Waals surface area contributed by atoms with Crippen molar-refractivity contribution in [2.75, 3.05) is 6.61 Å². The molecule has 2 heterocycles. The number of hydrogen-bond acceptors (Lipinski definition) is 3. The van der Waals surface area contributed by atoms with Crippen LogP contribution in [0.3, 0.4) is 0 Å². The maximum atomic E-state index is 9.79. The lowest BCUT2D eigenvalue weighted by molar-refractivity contribution is 0.121. The Hall–Kier alpha value is -0.510. The maximum absolute atomic E-state index is 9.79. The zero-order valence-corrected chi connectivity index (χ0v) is 8.44. The van der Waals surface area contributed by atoms with E-state index in [1.807, 2.05) is 6.08 Å². The molecule has 0 aliphatic carbocycles. The van der Waals surface area contributed by atoms with Crippen molar-refractivity contribution in [2.24, 2.45) is 0 Å². The van der Waals surface area contributed by atoms with Crippen LogP contribution in [-0.4, -0.2) is 11.7 Å². The van der Waals surface area contributed by atoms with Crippen molar-refractivity contribution in [3.8, 4) is 0 Å². The smallest absolute Gasteiger partial charge is 0.145 e. The van der Waals surface area contributed by atoms with E-state index in [9.17, 15) is 5.11 Å². The van der Waals surface area contributed by atoms with Crippen LogP contribution in [0.5, 0.6) is 0 Å². The molecular weight excluding hydrogens is 208 g/mol. The highest BCUT2D eigenvalue weighted by molar-refractivity contribution is 7.10. The molecule has 1 N–H and O–H groups in total. The summed E-state index contributed by atoms with van der Waals surface area (Å²) in [6.07, 6.45) is 2.16. The fourth-order valence-corrected chi connectivity index (χ4v) is 2.31. The molecular formula is C9H9ClO2S. The Bertz CT molecular complexity index is 332. The summed E-state index contributed by atoms with van der Waals surface area (Å²) in [5, 5.41) is 12.3. The number of halogens is 1. The summed E-state index contributed by atoms with van der Waals surface area (Å²) in [6.45, 7) is 0.672. The van der Waals surface area contributed by atoms with Crippen LogP contribution in [0.2, 0.25) is 5.02 Å². The van der Waals surface area contributed by atoms with Crippen LogP contribution in [-0.2, 0) is 4.74 Å². The predicted molar refractivity (Wildman–Crippen MR) is 52.9 cm³/mol. The van der Waals surface area contributed by atoms with Crippen molar-refractivity contribution < 1.29 is 9.84 Å². The molecule has 1 atom stereocenters. The van der Waals surface area contributed by atoms with E-state index >= 15 is 0 Å². The first-order valence-corrected chi connectivity index (χ1v) is 5.28. The monoisotopic (exact) mass is 216 g/mol. The molecule has 0 spiro atoms. The molecule has 0 radical (unpaired) electrons. The number of ether oxygens (including phenoxy) is 1. The second kappa shape index (κ2) is 3.70. The van der Waals surface area contributed by atoms with E-state index in [1.54, 1.807) is 11.4 Å². The Morgan fingerprint density at radius 1 is 1.62 bits per heavy atom. The van der Waals surface area contributed by atoms with Gasteiger partial charge in [-0.25, -0.2) is 0 Å². The zero-order valence-electron chi connectivity index (χ0n) is 6.87. The molecule has 2 nitrogen and oxygen atoms in total. The number of aliphatic hydroxyl groups excluding tert-OH is 1. The van der Waals surface area contributed by atoms with Gasteiger partial charge in [-0.2, -0.15) is 0 Å². The average Bonchev–Trinajstić information content (AvgIpc) is 2.72. The molecule has 13 heavy (non-hydrogen) atoms. The summed E-state index contributed by atoms with van der Waals surface area (Å²) in [5.74, 6) is 0.651. The Labute approximate surface area is 85.4 Å². The molecule has 0 aromatic carbocycles. The van der Waals surface area contributed by atoms with Gasteiger partial charge in [0.1, 0.15) is 11.9 Å². The van der Waals surface area contributed by atoms with Crippen LogP contribution in [0.1, 0.15) is 17.4 Å². The first kappa shape index (κ1) is 9.06. The summed E-state index contributed by atoms with van der Waals surface area (Å²) in [6, 6.07) is 1.76. The minimum absolute atomic E-state index is 0.639. The molecule has 1 aromatic heterocycles. The van der Waals surface area contributed by atoms with E-state index in [-0.39, 0.29) is 0 Å². The third kappa shape index (κ3) is 1.88. The normalized spacial score (nSPS) is 18.2. The van der Waals surface area contributed by atoms with E-state index in [0.717, 1.165) is 11.3 Å². The molecule has 4 heteroatoms. The van der Waals surface area contributed by atoms with E-state index in [1.165, 1.54) is 11.3 Å². The maximum Gasteiger partial charge on any atom is 0.145 e. The number of aliphatic hydroxyl groups is 1. The summed E-state index contributed by atoms with van der Waals surface area (Å²) in [5.41, 5.74) is 0. The van der Waals surface area contributed by atoms with Gasteiger partial charge in [-0.15, -0.1) is 11.3 Å². The van der Waals surface area contributed by atoms with Gasteiger partial charge in [0.05, 0.1) is 11.6 Å². The van der Waals surface area contributed by atoms with E-state index in [0.29, 0.717) is 17.4 Å². The van der Waals surface area contributed by atoms with Crippen LogP contribution in [0.25, 0.3) is 0 Å². The lowest BCUT2D eigenvalue weighted by Gasteiger charge is -2.09. The Morgan fingerprint density at radius 2 is 2.46 bits per heavy atom. The molecule has 1 aliphatic rings. The van der Waals surface area contributed by atoms with Crippen LogP contribution in [0.15, 0.2) is 23.3 Å². The van der Waals surface area contributed by atoms with Crippen molar-refractivity contribution in [2.45, 2.75) is 12.5 Å². The topological polar surface area (TPSA) is 29.5 Å². The van der Waals surface area contributed by atoms with Crippen LogP contribution in [0, 0.1) is 0 Å². The fraction of sp³-hybridized carbons (Fsp3) is 0.333. The lowest BCUT2D eigenvalue weighted by atomic mass is 10.2. The van der Waals surface area contributed by atoms with Crippen molar-refractivity contribution >= 4 is 22.9 Å². The van der Waals surface area contributed by atoms with Crippen LogP contribution in [0.4, 0.5) is 0 Å². The second-order valence-electron chi connectivity index (χ2n) is 2.81. The number of rotatable bonds is 2. The molecule has 0 saturated heterocycles. The summed E-state index contributed by atoms with van der Waals surface area (Å²) < 4.78 is 5.25. The number of hydrogen-bond donors (Lipinski definition) is 1. The lowest BCUT2D eigenvalue weighted by Crippen LogP contribution is -1.99. The molecule has 1 unspecified atom stereocenters. The second-order valence-corrected chi connectivity index (χ2v) is 4.19. The minimum atomic E-state index is -0.639. The Kier molecular flexibility index (Phi) is 2.58. The Morgan fingerprint density at radius 3 is 3.00 bits per heavy atom. The first-order chi connectivity index (χ1) is 6.27. The standard InChI is InChI=1S/C9H9ClO2S/c10-6-4-8(13-5-6)9(11)7-2-1-3-12-7/h2,4-5,9,11H,1,3H2. The molecule has 0 bridgehead atoms. The van der Waals surface area contributed by atoms with Gasteiger partial charge in [-0.3, -0.25) is 0 Å². The van der Waals surface area contributed by atoms with Gasteiger partial charge >= 0.3 is 0 Å². The van der Waals surface area contributed by atoms with E-state index in [2.05, 4.69) is 0 Å². The molecule has 1 aromatic rings. The fourth-order valence-electron chi connectivity index (χ4n) is 1.24. The average molecular weight is 217 g/mol.